The summed E-state index contributed by atoms with van der Waals surface area (Å²) < 4.78 is 0. The van der Waals surface area contributed by atoms with Crippen LogP contribution in [0.2, 0.25) is 0 Å². The molecule has 0 unspecified atom stereocenters. The van der Waals surface area contributed by atoms with Gasteiger partial charge in [-0.25, -0.2) is 0 Å². The maximum absolute atomic E-state index is 2.28. The van der Waals surface area contributed by atoms with Crippen LogP contribution in [-0.2, 0) is 0 Å². The van der Waals surface area contributed by atoms with Gasteiger partial charge in [-0.05, 0) is 60.4 Å². The zero-order valence-corrected chi connectivity index (χ0v) is 13.2. The first-order valence-corrected chi connectivity index (χ1v) is 7.84. The summed E-state index contributed by atoms with van der Waals surface area (Å²) >= 11 is 0. The molecule has 0 N–H and O–H groups in total. The Morgan fingerprint density at radius 1 is 0.800 bits per heavy atom. The summed E-state index contributed by atoms with van der Waals surface area (Å²) in [5, 5.41) is 0. The standard InChI is InChI=1S/C17H18.C3H8/c1-12-6-3-4-8-15(12)16-9-5-7-13(2)17(16)14-10-11-14;1-3-2/h3-9,14H,10-11H2,1-2H3;3H2,1-2H3. The summed E-state index contributed by atoms with van der Waals surface area (Å²) in [6, 6.07) is 15.4. The van der Waals surface area contributed by atoms with E-state index in [0.29, 0.717) is 0 Å². The lowest BCUT2D eigenvalue weighted by Crippen LogP contribution is -1.93. The Morgan fingerprint density at radius 2 is 1.35 bits per heavy atom. The summed E-state index contributed by atoms with van der Waals surface area (Å²) in [7, 11) is 0. The third-order valence-electron chi connectivity index (χ3n) is 3.74. The molecule has 1 fully saturated rings. The summed E-state index contributed by atoms with van der Waals surface area (Å²) in [5.74, 6) is 0.811. The van der Waals surface area contributed by atoms with Gasteiger partial charge in [0.25, 0.3) is 0 Å². The number of benzene rings is 2. The number of hydrogen-bond donors (Lipinski definition) is 0. The van der Waals surface area contributed by atoms with E-state index in [4.69, 9.17) is 0 Å². The molecule has 1 aliphatic carbocycles. The highest BCUT2D eigenvalue weighted by atomic mass is 14.3. The summed E-state index contributed by atoms with van der Waals surface area (Å²) in [6.45, 7) is 8.70. The van der Waals surface area contributed by atoms with Gasteiger partial charge < -0.3 is 0 Å². The van der Waals surface area contributed by atoms with Gasteiger partial charge in [0, 0.05) is 0 Å². The lowest BCUT2D eigenvalue weighted by atomic mass is 9.91. The van der Waals surface area contributed by atoms with Crippen molar-refractivity contribution in [3.05, 3.63) is 59.2 Å². The fourth-order valence-corrected chi connectivity index (χ4v) is 2.70. The Kier molecular flexibility index (Phi) is 5.00. The minimum atomic E-state index is 0.811. The number of rotatable bonds is 2. The van der Waals surface area contributed by atoms with Gasteiger partial charge in [-0.2, -0.15) is 0 Å². The molecule has 0 nitrogen and oxygen atoms in total. The van der Waals surface area contributed by atoms with Crippen LogP contribution >= 0.6 is 0 Å². The Hall–Kier alpha value is -1.56. The molecule has 0 amide bonds. The van der Waals surface area contributed by atoms with E-state index in [9.17, 15) is 0 Å². The van der Waals surface area contributed by atoms with Crippen LogP contribution in [0.3, 0.4) is 0 Å². The lowest BCUT2D eigenvalue weighted by Gasteiger charge is -2.14. The van der Waals surface area contributed by atoms with Gasteiger partial charge >= 0.3 is 0 Å². The first-order valence-electron chi connectivity index (χ1n) is 7.84. The minimum absolute atomic E-state index is 0.811. The second-order valence-electron chi connectivity index (χ2n) is 5.83. The Bertz CT molecular complexity index is 562. The molecule has 2 aromatic rings. The average Bonchev–Trinajstić information content (AvgIpc) is 3.24. The van der Waals surface area contributed by atoms with E-state index in [-0.39, 0.29) is 0 Å². The van der Waals surface area contributed by atoms with Crippen LogP contribution in [0.1, 0.15) is 55.7 Å². The van der Waals surface area contributed by atoms with Gasteiger partial charge in [0.2, 0.25) is 0 Å². The smallest absolute Gasteiger partial charge is 0.0144 e. The molecule has 0 heterocycles. The lowest BCUT2D eigenvalue weighted by molar-refractivity contribution is 1.09. The van der Waals surface area contributed by atoms with E-state index in [0.717, 1.165) is 5.92 Å². The third kappa shape index (κ3) is 3.30. The molecule has 0 aromatic heterocycles. The summed E-state index contributed by atoms with van der Waals surface area (Å²) in [4.78, 5) is 0. The van der Waals surface area contributed by atoms with Crippen molar-refractivity contribution in [1.82, 2.24) is 0 Å². The van der Waals surface area contributed by atoms with Gasteiger partial charge in [-0.15, -0.1) is 0 Å². The molecule has 0 heteroatoms. The second-order valence-corrected chi connectivity index (χ2v) is 5.83. The van der Waals surface area contributed by atoms with Crippen LogP contribution < -0.4 is 0 Å². The predicted molar refractivity (Wildman–Crippen MR) is 89.3 cm³/mol. The molecule has 0 saturated heterocycles. The van der Waals surface area contributed by atoms with Crippen LogP contribution in [0.4, 0.5) is 0 Å². The van der Waals surface area contributed by atoms with Crippen molar-refractivity contribution in [2.24, 2.45) is 0 Å². The molecule has 106 valence electrons. The summed E-state index contributed by atoms with van der Waals surface area (Å²) in [6.07, 6.45) is 3.98. The first-order chi connectivity index (χ1) is 9.69. The van der Waals surface area contributed by atoms with Gasteiger partial charge in [0.15, 0.2) is 0 Å². The van der Waals surface area contributed by atoms with E-state index >= 15 is 0 Å². The molecule has 0 radical (unpaired) electrons. The maximum Gasteiger partial charge on any atom is -0.0144 e. The highest BCUT2D eigenvalue weighted by Gasteiger charge is 2.27. The van der Waals surface area contributed by atoms with Gasteiger partial charge in [0.05, 0.1) is 0 Å². The molecule has 2 aromatic carbocycles. The van der Waals surface area contributed by atoms with Crippen LogP contribution in [0.25, 0.3) is 11.1 Å². The molecule has 3 rings (SSSR count). The van der Waals surface area contributed by atoms with Crippen molar-refractivity contribution >= 4 is 0 Å². The first kappa shape index (κ1) is 14.8. The Morgan fingerprint density at radius 3 is 1.95 bits per heavy atom. The van der Waals surface area contributed by atoms with E-state index in [1.54, 1.807) is 5.56 Å². The predicted octanol–water partition coefficient (Wildman–Crippen LogP) is 6.26. The van der Waals surface area contributed by atoms with Crippen molar-refractivity contribution in [2.45, 2.75) is 52.9 Å². The average molecular weight is 266 g/mol. The normalized spacial score (nSPS) is 13.6. The molecule has 20 heavy (non-hydrogen) atoms. The Labute approximate surface area is 123 Å². The van der Waals surface area contributed by atoms with E-state index < -0.39 is 0 Å². The maximum atomic E-state index is 2.28. The SMILES string of the molecule is CCC.Cc1ccccc1-c1cccc(C)c1C1CC1. The zero-order chi connectivity index (χ0) is 14.5. The summed E-state index contributed by atoms with van der Waals surface area (Å²) in [5.41, 5.74) is 7.26. The number of aryl methyl sites for hydroxylation is 2. The molecule has 0 bridgehead atoms. The van der Waals surface area contributed by atoms with Crippen molar-refractivity contribution in [2.75, 3.05) is 0 Å². The van der Waals surface area contributed by atoms with Crippen LogP contribution in [-0.4, -0.2) is 0 Å². The van der Waals surface area contributed by atoms with E-state index in [2.05, 4.69) is 70.2 Å². The molecule has 1 saturated carbocycles. The minimum Gasteiger partial charge on any atom is -0.0656 e. The molecule has 0 spiro atoms. The van der Waals surface area contributed by atoms with Crippen molar-refractivity contribution in [3.63, 3.8) is 0 Å². The van der Waals surface area contributed by atoms with E-state index in [1.807, 2.05) is 0 Å². The van der Waals surface area contributed by atoms with Crippen LogP contribution in [0.15, 0.2) is 42.5 Å². The van der Waals surface area contributed by atoms with Gasteiger partial charge in [0.1, 0.15) is 0 Å². The molecule has 0 atom stereocenters. The zero-order valence-electron chi connectivity index (χ0n) is 13.2. The van der Waals surface area contributed by atoms with Crippen LogP contribution in [0, 0.1) is 13.8 Å². The molecular weight excluding hydrogens is 240 g/mol. The Balaban J connectivity index is 0.000000452. The van der Waals surface area contributed by atoms with Gasteiger partial charge in [-0.3, -0.25) is 0 Å². The van der Waals surface area contributed by atoms with Crippen LogP contribution in [0.5, 0.6) is 0 Å². The topological polar surface area (TPSA) is 0 Å². The molecular formula is C20H26. The van der Waals surface area contributed by atoms with Crippen molar-refractivity contribution in [1.29, 1.82) is 0 Å². The van der Waals surface area contributed by atoms with Gasteiger partial charge in [-0.1, -0.05) is 62.7 Å². The van der Waals surface area contributed by atoms with Crippen molar-refractivity contribution in [3.8, 4) is 11.1 Å². The largest absolute Gasteiger partial charge is 0.0656 e. The highest BCUT2D eigenvalue weighted by Crippen LogP contribution is 2.46. The fraction of sp³-hybridized carbons (Fsp3) is 0.400. The number of hydrogen-bond acceptors (Lipinski definition) is 0. The monoisotopic (exact) mass is 266 g/mol. The second kappa shape index (κ2) is 6.74. The third-order valence-corrected chi connectivity index (χ3v) is 3.74. The molecule has 1 aliphatic rings. The fourth-order valence-electron chi connectivity index (χ4n) is 2.70. The highest BCUT2D eigenvalue weighted by molar-refractivity contribution is 5.72. The quantitative estimate of drug-likeness (QED) is 0.601. The van der Waals surface area contributed by atoms with Crippen molar-refractivity contribution < 1.29 is 0 Å². The molecule has 0 aliphatic heterocycles. The van der Waals surface area contributed by atoms with E-state index in [1.165, 1.54) is 41.5 Å².